The first-order valence-corrected chi connectivity index (χ1v) is 7.65. The normalized spacial score (nSPS) is 10.7. The Labute approximate surface area is 152 Å². The van der Waals surface area contributed by atoms with Crippen LogP contribution in [0.15, 0.2) is 30.5 Å². The maximum Gasteiger partial charge on any atom is 0.340 e. The molecule has 0 saturated carbocycles. The summed E-state index contributed by atoms with van der Waals surface area (Å²) in [5.74, 6) is -0.759. The average molecular weight is 378 g/mol. The minimum atomic E-state index is -0.759. The van der Waals surface area contributed by atoms with Gasteiger partial charge in [0.05, 0.1) is 27.7 Å². The highest BCUT2D eigenvalue weighted by Crippen LogP contribution is 2.26. The number of esters is 1. The van der Waals surface area contributed by atoms with Crippen LogP contribution in [0.3, 0.4) is 0 Å². The lowest BCUT2D eigenvalue weighted by atomic mass is 10.1. The van der Waals surface area contributed by atoms with Crippen molar-refractivity contribution in [3.63, 3.8) is 0 Å². The third-order valence-electron chi connectivity index (χ3n) is 3.21. The summed E-state index contributed by atoms with van der Waals surface area (Å²) >= 11 is 5.75. The summed E-state index contributed by atoms with van der Waals surface area (Å²) in [6.45, 7) is 1.69. The molecule has 10 heteroatoms. The molecular formula is C16H12ClN3O6. The summed E-state index contributed by atoms with van der Waals surface area (Å²) in [7, 11) is 0. The third kappa shape index (κ3) is 4.39. The smallest absolute Gasteiger partial charge is 0.340 e. The van der Waals surface area contributed by atoms with E-state index >= 15 is 0 Å². The second kappa shape index (κ2) is 8.17. The molecule has 1 aromatic heterocycles. The minimum absolute atomic E-state index is 0.00664. The van der Waals surface area contributed by atoms with E-state index < -0.39 is 15.8 Å². The Morgan fingerprint density at radius 3 is 2.58 bits per heavy atom. The maximum atomic E-state index is 12.0. The molecule has 0 aliphatic carbocycles. The van der Waals surface area contributed by atoms with E-state index in [-0.39, 0.29) is 34.3 Å². The van der Waals surface area contributed by atoms with Crippen LogP contribution < -0.4 is 0 Å². The van der Waals surface area contributed by atoms with E-state index in [1.54, 1.807) is 13.0 Å². The second-order valence-corrected chi connectivity index (χ2v) is 5.31. The second-order valence-electron chi connectivity index (χ2n) is 4.91. The van der Waals surface area contributed by atoms with Gasteiger partial charge < -0.3 is 4.74 Å². The van der Waals surface area contributed by atoms with Crippen LogP contribution in [0.4, 0.5) is 11.4 Å². The van der Waals surface area contributed by atoms with E-state index in [4.69, 9.17) is 16.3 Å². The van der Waals surface area contributed by atoms with Gasteiger partial charge in [0, 0.05) is 12.1 Å². The summed E-state index contributed by atoms with van der Waals surface area (Å²) in [6, 6.07) is 5.24. The number of halogens is 1. The molecule has 0 bridgehead atoms. The van der Waals surface area contributed by atoms with Gasteiger partial charge in [-0.25, -0.2) is 9.78 Å². The van der Waals surface area contributed by atoms with Gasteiger partial charge in [0.2, 0.25) is 0 Å². The molecule has 9 nitrogen and oxygen atoms in total. The predicted octanol–water partition coefficient (Wildman–Crippen LogP) is 3.90. The summed E-state index contributed by atoms with van der Waals surface area (Å²) in [5.41, 5.74) is -0.132. The van der Waals surface area contributed by atoms with E-state index in [1.165, 1.54) is 24.3 Å². The van der Waals surface area contributed by atoms with Crippen molar-refractivity contribution in [2.75, 3.05) is 6.61 Å². The molecule has 0 amide bonds. The number of carbonyl (C=O) groups is 1. The van der Waals surface area contributed by atoms with Crippen molar-refractivity contribution in [2.24, 2.45) is 0 Å². The number of nitro benzene ring substituents is 1. The number of rotatable bonds is 6. The molecule has 0 fully saturated rings. The lowest BCUT2D eigenvalue weighted by Crippen LogP contribution is -2.08. The van der Waals surface area contributed by atoms with Gasteiger partial charge in [0.1, 0.15) is 11.2 Å². The first kappa shape index (κ1) is 19.0. The van der Waals surface area contributed by atoms with E-state index in [1.807, 2.05) is 0 Å². The zero-order chi connectivity index (χ0) is 19.3. The Bertz CT molecular complexity index is 913. The van der Waals surface area contributed by atoms with Crippen LogP contribution in [0, 0.1) is 20.2 Å². The summed E-state index contributed by atoms with van der Waals surface area (Å²) in [5, 5.41) is 21.8. The standard InChI is InChI=1S/C16H12ClN3O6/c1-2-26-16(21)12-8-11(19(22)23)9-18-14(12)6-4-10-3-5-13(17)15(7-10)20(24)25/h3-9H,2H2,1H3/b6-4+. The fraction of sp³-hybridized carbons (Fsp3) is 0.125. The van der Waals surface area contributed by atoms with Crippen molar-refractivity contribution in [3.05, 3.63) is 72.5 Å². The van der Waals surface area contributed by atoms with Crippen LogP contribution >= 0.6 is 11.6 Å². The van der Waals surface area contributed by atoms with Crippen LogP contribution in [-0.4, -0.2) is 27.4 Å². The lowest BCUT2D eigenvalue weighted by molar-refractivity contribution is -0.385. The molecule has 0 N–H and O–H groups in total. The topological polar surface area (TPSA) is 125 Å². The Morgan fingerprint density at radius 1 is 1.23 bits per heavy atom. The third-order valence-corrected chi connectivity index (χ3v) is 3.53. The number of carbonyl (C=O) groups excluding carboxylic acids is 1. The van der Waals surface area contributed by atoms with E-state index in [0.29, 0.717) is 5.56 Å². The van der Waals surface area contributed by atoms with E-state index in [9.17, 15) is 25.0 Å². The Kier molecular flexibility index (Phi) is 5.97. The molecule has 26 heavy (non-hydrogen) atoms. The largest absolute Gasteiger partial charge is 0.462 e. The SMILES string of the molecule is CCOC(=O)c1cc([N+](=O)[O-])cnc1/C=C/c1ccc(Cl)c([N+](=O)[O-])c1. The Hall–Kier alpha value is -3.33. The molecule has 134 valence electrons. The minimum Gasteiger partial charge on any atom is -0.462 e. The van der Waals surface area contributed by atoms with Crippen molar-refractivity contribution < 1.29 is 19.4 Å². The van der Waals surface area contributed by atoms with Crippen LogP contribution in [0.1, 0.15) is 28.5 Å². The highest BCUT2D eigenvalue weighted by atomic mass is 35.5. The quantitative estimate of drug-likeness (QED) is 0.424. The maximum absolute atomic E-state index is 12.0. The zero-order valence-corrected chi connectivity index (χ0v) is 14.2. The van der Waals surface area contributed by atoms with E-state index in [0.717, 1.165) is 12.3 Å². The molecule has 0 unspecified atom stereocenters. The van der Waals surface area contributed by atoms with Gasteiger partial charge in [-0.2, -0.15) is 0 Å². The molecule has 0 atom stereocenters. The van der Waals surface area contributed by atoms with Crippen molar-refractivity contribution in [3.8, 4) is 0 Å². The van der Waals surface area contributed by atoms with Crippen molar-refractivity contribution in [1.82, 2.24) is 4.98 Å². The number of aromatic nitrogens is 1. The average Bonchev–Trinajstić information content (AvgIpc) is 2.60. The molecular weight excluding hydrogens is 366 g/mol. The summed E-state index contributed by atoms with van der Waals surface area (Å²) in [4.78, 5) is 36.4. The number of nitro groups is 2. The molecule has 0 radical (unpaired) electrons. The number of hydrogen-bond donors (Lipinski definition) is 0. The van der Waals surface area contributed by atoms with Gasteiger partial charge in [-0.3, -0.25) is 20.2 Å². The molecule has 0 saturated heterocycles. The first-order chi connectivity index (χ1) is 12.3. The number of hydrogen-bond acceptors (Lipinski definition) is 7. The highest BCUT2D eigenvalue weighted by Gasteiger charge is 2.18. The first-order valence-electron chi connectivity index (χ1n) is 7.27. The molecule has 0 spiro atoms. The molecule has 0 aliphatic heterocycles. The Morgan fingerprint density at radius 2 is 1.96 bits per heavy atom. The predicted molar refractivity (Wildman–Crippen MR) is 93.9 cm³/mol. The van der Waals surface area contributed by atoms with Gasteiger partial charge in [-0.15, -0.1) is 0 Å². The molecule has 1 heterocycles. The van der Waals surface area contributed by atoms with Gasteiger partial charge in [0.15, 0.2) is 0 Å². The molecule has 0 aliphatic rings. The van der Waals surface area contributed by atoms with Crippen molar-refractivity contribution in [1.29, 1.82) is 0 Å². The number of pyridine rings is 1. The molecule has 2 rings (SSSR count). The molecule has 1 aromatic carbocycles. The number of benzene rings is 1. The zero-order valence-electron chi connectivity index (χ0n) is 13.4. The van der Waals surface area contributed by atoms with Gasteiger partial charge >= 0.3 is 5.97 Å². The van der Waals surface area contributed by atoms with Crippen LogP contribution in [0.25, 0.3) is 12.2 Å². The monoisotopic (exact) mass is 377 g/mol. The van der Waals surface area contributed by atoms with Gasteiger partial charge in [-0.05, 0) is 24.6 Å². The lowest BCUT2D eigenvalue weighted by Gasteiger charge is -2.05. The summed E-state index contributed by atoms with van der Waals surface area (Å²) < 4.78 is 4.88. The van der Waals surface area contributed by atoms with Gasteiger partial charge in [0.25, 0.3) is 11.4 Å². The van der Waals surface area contributed by atoms with Crippen LogP contribution in [-0.2, 0) is 4.74 Å². The summed E-state index contributed by atoms with van der Waals surface area (Å²) in [6.07, 6.45) is 3.88. The fourth-order valence-corrected chi connectivity index (χ4v) is 2.20. The highest BCUT2D eigenvalue weighted by molar-refractivity contribution is 6.32. The van der Waals surface area contributed by atoms with Crippen LogP contribution in [0.2, 0.25) is 5.02 Å². The number of ether oxygens (including phenoxy) is 1. The van der Waals surface area contributed by atoms with Gasteiger partial charge in [-0.1, -0.05) is 23.7 Å². The van der Waals surface area contributed by atoms with Crippen molar-refractivity contribution >= 4 is 41.1 Å². The fourth-order valence-electron chi connectivity index (χ4n) is 2.02. The molecule has 2 aromatic rings. The van der Waals surface area contributed by atoms with Crippen LogP contribution in [0.5, 0.6) is 0 Å². The van der Waals surface area contributed by atoms with E-state index in [2.05, 4.69) is 4.98 Å². The Balaban J connectivity index is 2.43. The number of nitrogens with zero attached hydrogens (tertiary/aromatic N) is 3. The van der Waals surface area contributed by atoms with Crippen molar-refractivity contribution in [2.45, 2.75) is 6.92 Å².